The highest BCUT2D eigenvalue weighted by Crippen LogP contribution is 2.12. The molecule has 0 aromatic rings. The predicted octanol–water partition coefficient (Wildman–Crippen LogP) is 3.48. The van der Waals surface area contributed by atoms with E-state index in [1.807, 2.05) is 0 Å². The number of hydrogen-bond acceptors (Lipinski definition) is 1. The maximum atomic E-state index is 2.70. The molecule has 0 unspecified atom stereocenters. The van der Waals surface area contributed by atoms with Gasteiger partial charge in [0.1, 0.15) is 0 Å². The van der Waals surface area contributed by atoms with Crippen molar-refractivity contribution in [3.05, 3.63) is 0 Å². The van der Waals surface area contributed by atoms with E-state index in [1.165, 1.54) is 38.8 Å². The van der Waals surface area contributed by atoms with E-state index < -0.39 is 3.95 Å². The van der Waals surface area contributed by atoms with Crippen LogP contribution in [-0.2, 0) is 0 Å². The molecule has 0 saturated carbocycles. The largest absolute Gasteiger partial charge is 0.311 e. The monoisotopic (exact) mass is 411 g/mol. The van der Waals surface area contributed by atoms with Gasteiger partial charge in [-0.25, -0.2) is 0 Å². The average molecular weight is 411 g/mol. The van der Waals surface area contributed by atoms with E-state index in [4.69, 9.17) is 0 Å². The Hall–Kier alpha value is 1.64. The average Bonchev–Trinajstić information content (AvgIpc) is 2.04. The van der Waals surface area contributed by atoms with E-state index in [0.29, 0.717) is 0 Å². The van der Waals surface area contributed by atoms with Gasteiger partial charge in [0.25, 0.3) is 0 Å². The zero-order valence-corrected chi connectivity index (χ0v) is 13.5. The summed E-state index contributed by atoms with van der Waals surface area (Å²) in [4.78, 5) is 0. The molecule has 0 spiro atoms. The van der Waals surface area contributed by atoms with Crippen molar-refractivity contribution in [1.82, 2.24) is 4.57 Å². The standard InChI is InChI=1S/C8H19I2NSi/c1-3-5-7-11(12(9)10)8-6-4-2/h12H,3-8H2,1-2H3. The fraction of sp³-hybridized carbons (Fsp3) is 1.00. The topological polar surface area (TPSA) is 3.24 Å². The van der Waals surface area contributed by atoms with Crippen LogP contribution >= 0.6 is 43.6 Å². The Balaban J connectivity index is 3.55. The number of hydrogen-bond donors (Lipinski definition) is 0. The van der Waals surface area contributed by atoms with Gasteiger partial charge in [-0.05, 0) is 25.9 Å². The molecule has 0 rings (SSSR count). The minimum absolute atomic E-state index is 0.575. The first-order chi connectivity index (χ1) is 5.72. The second kappa shape index (κ2) is 9.20. The molecule has 0 heterocycles. The first-order valence-corrected chi connectivity index (χ1v) is 13.6. The Morgan fingerprint density at radius 1 is 1.00 bits per heavy atom. The molecule has 0 N–H and O–H groups in total. The fourth-order valence-electron chi connectivity index (χ4n) is 1.03. The Morgan fingerprint density at radius 2 is 1.42 bits per heavy atom. The van der Waals surface area contributed by atoms with Crippen molar-refractivity contribution >= 4 is 47.5 Å². The van der Waals surface area contributed by atoms with Crippen LogP contribution in [0.2, 0.25) is 0 Å². The third kappa shape index (κ3) is 7.08. The van der Waals surface area contributed by atoms with Gasteiger partial charge in [-0.1, -0.05) is 70.3 Å². The third-order valence-electron chi connectivity index (χ3n) is 1.87. The molecule has 0 aliphatic heterocycles. The van der Waals surface area contributed by atoms with Gasteiger partial charge in [-0.15, -0.1) is 0 Å². The quantitative estimate of drug-likeness (QED) is 0.353. The SMILES string of the molecule is CCCCN(CCCC)[SiH](I)I. The summed E-state index contributed by atoms with van der Waals surface area (Å²) in [6.45, 7) is 7.21. The second-order valence-corrected chi connectivity index (χ2v) is 18.5. The van der Waals surface area contributed by atoms with Crippen molar-refractivity contribution in [1.29, 1.82) is 0 Å². The van der Waals surface area contributed by atoms with E-state index in [9.17, 15) is 0 Å². The lowest BCUT2D eigenvalue weighted by Crippen LogP contribution is -2.32. The molecule has 0 atom stereocenters. The summed E-state index contributed by atoms with van der Waals surface area (Å²) >= 11 is 5.27. The van der Waals surface area contributed by atoms with Crippen molar-refractivity contribution in [3.63, 3.8) is 0 Å². The number of halogens is 2. The maximum absolute atomic E-state index is 2.70. The molecule has 0 aromatic carbocycles. The Kier molecular flexibility index (Phi) is 10.5. The fourth-order valence-corrected chi connectivity index (χ4v) is 5.13. The number of rotatable bonds is 7. The van der Waals surface area contributed by atoms with Crippen molar-refractivity contribution in [2.75, 3.05) is 13.1 Å². The van der Waals surface area contributed by atoms with Gasteiger partial charge >= 0.3 is 0 Å². The highest BCUT2D eigenvalue weighted by atomic mass is 127. The maximum Gasteiger partial charge on any atom is 0.247 e. The van der Waals surface area contributed by atoms with E-state index in [-0.39, 0.29) is 0 Å². The lowest BCUT2D eigenvalue weighted by atomic mass is 10.3. The van der Waals surface area contributed by atoms with Crippen molar-refractivity contribution in [2.45, 2.75) is 39.5 Å². The summed E-state index contributed by atoms with van der Waals surface area (Å²) in [7, 11) is 0. The Labute approximate surface area is 104 Å². The van der Waals surface area contributed by atoms with Gasteiger partial charge in [0.15, 0.2) is 0 Å². The highest BCUT2D eigenvalue weighted by molar-refractivity contribution is 14.3. The van der Waals surface area contributed by atoms with E-state index >= 15 is 0 Å². The van der Waals surface area contributed by atoms with Crippen LogP contribution in [0, 0.1) is 0 Å². The molecule has 1 nitrogen and oxygen atoms in total. The van der Waals surface area contributed by atoms with Crippen molar-refractivity contribution in [2.24, 2.45) is 0 Å². The van der Waals surface area contributed by atoms with Gasteiger partial charge in [0, 0.05) is 0 Å². The van der Waals surface area contributed by atoms with Crippen molar-refractivity contribution in [3.8, 4) is 0 Å². The zero-order chi connectivity index (χ0) is 9.40. The molecule has 74 valence electrons. The lowest BCUT2D eigenvalue weighted by molar-refractivity contribution is 0.426. The first kappa shape index (κ1) is 13.6. The second-order valence-electron chi connectivity index (χ2n) is 3.02. The van der Waals surface area contributed by atoms with Gasteiger partial charge in [-0.2, -0.15) is 0 Å². The molecule has 0 radical (unpaired) electrons. The normalized spacial score (nSPS) is 11.5. The molecule has 0 aromatic heterocycles. The molecule has 12 heavy (non-hydrogen) atoms. The minimum Gasteiger partial charge on any atom is -0.311 e. The zero-order valence-electron chi connectivity index (χ0n) is 8.02. The Morgan fingerprint density at radius 3 is 1.67 bits per heavy atom. The summed E-state index contributed by atoms with van der Waals surface area (Å²) in [6.07, 6.45) is 5.41. The molecule has 0 bridgehead atoms. The van der Waals surface area contributed by atoms with Gasteiger partial charge in [0.2, 0.25) is 3.95 Å². The van der Waals surface area contributed by atoms with Crippen LogP contribution in [0.5, 0.6) is 0 Å². The van der Waals surface area contributed by atoms with Crippen LogP contribution in [0.25, 0.3) is 0 Å². The van der Waals surface area contributed by atoms with Gasteiger partial charge in [-0.3, -0.25) is 0 Å². The highest BCUT2D eigenvalue weighted by Gasteiger charge is 2.11. The number of nitrogens with zero attached hydrogens (tertiary/aromatic N) is 1. The van der Waals surface area contributed by atoms with Crippen molar-refractivity contribution < 1.29 is 0 Å². The first-order valence-electron chi connectivity index (χ1n) is 4.74. The van der Waals surface area contributed by atoms with Crippen LogP contribution in [0.4, 0.5) is 0 Å². The van der Waals surface area contributed by atoms with Crippen LogP contribution in [0.3, 0.4) is 0 Å². The third-order valence-corrected chi connectivity index (χ3v) is 7.67. The Bertz CT molecular complexity index is 93.1. The molecule has 0 saturated heterocycles. The smallest absolute Gasteiger partial charge is 0.247 e. The summed E-state index contributed by atoms with van der Waals surface area (Å²) in [5, 5.41) is 0. The summed E-state index contributed by atoms with van der Waals surface area (Å²) in [5.41, 5.74) is 0. The molecule has 0 aliphatic carbocycles. The molecule has 0 fully saturated rings. The molecule has 4 heteroatoms. The molecular formula is C8H19I2NSi. The summed E-state index contributed by atoms with van der Waals surface area (Å²) < 4.78 is 2.13. The van der Waals surface area contributed by atoms with Crippen LogP contribution in [0.15, 0.2) is 0 Å². The van der Waals surface area contributed by atoms with Crippen LogP contribution < -0.4 is 0 Å². The molecule has 0 aliphatic rings. The summed E-state index contributed by atoms with van der Waals surface area (Å²) in [5.74, 6) is 0. The predicted molar refractivity (Wildman–Crippen MR) is 76.6 cm³/mol. The van der Waals surface area contributed by atoms with Crippen LogP contribution in [0.1, 0.15) is 39.5 Å². The minimum atomic E-state index is -0.575. The van der Waals surface area contributed by atoms with E-state index in [1.54, 1.807) is 0 Å². The van der Waals surface area contributed by atoms with E-state index in [2.05, 4.69) is 62.0 Å². The number of unbranched alkanes of at least 4 members (excludes halogenated alkanes) is 2. The molecule has 0 amide bonds. The van der Waals surface area contributed by atoms with E-state index in [0.717, 1.165) is 0 Å². The van der Waals surface area contributed by atoms with Gasteiger partial charge < -0.3 is 4.57 Å². The molecular weight excluding hydrogens is 392 g/mol. The lowest BCUT2D eigenvalue weighted by Gasteiger charge is -2.22. The summed E-state index contributed by atoms with van der Waals surface area (Å²) in [6, 6.07) is 0. The van der Waals surface area contributed by atoms with Gasteiger partial charge in [0.05, 0.1) is 0 Å². The van der Waals surface area contributed by atoms with Crippen LogP contribution in [-0.4, -0.2) is 21.6 Å².